The van der Waals surface area contributed by atoms with Gasteiger partial charge in [0.15, 0.2) is 0 Å². The lowest BCUT2D eigenvalue weighted by Crippen LogP contribution is -2.19. The molecule has 1 amide bonds. The quantitative estimate of drug-likeness (QED) is 0.399. The van der Waals surface area contributed by atoms with Crippen LogP contribution in [0.15, 0.2) is 35.4 Å². The molecule has 0 unspecified atom stereocenters. The summed E-state index contributed by atoms with van der Waals surface area (Å²) in [5.74, 6) is -0.354. The Morgan fingerprint density at radius 1 is 1.21 bits per heavy atom. The summed E-state index contributed by atoms with van der Waals surface area (Å²) in [6.07, 6.45) is 5.71. The average Bonchev–Trinajstić information content (AvgIpc) is 3.30. The maximum Gasteiger partial charge on any atom is 0.339 e. The van der Waals surface area contributed by atoms with Gasteiger partial charge in [-0.3, -0.25) is 4.79 Å². The molecule has 0 saturated heterocycles. The van der Waals surface area contributed by atoms with E-state index in [1.165, 1.54) is 4.88 Å². The zero-order valence-corrected chi connectivity index (χ0v) is 19.8. The fourth-order valence-electron chi connectivity index (χ4n) is 4.30. The van der Waals surface area contributed by atoms with Gasteiger partial charge in [0.25, 0.3) is 0 Å². The number of rotatable bonds is 7. The topological polar surface area (TPSA) is 92.9 Å². The van der Waals surface area contributed by atoms with Crippen molar-refractivity contribution in [3.63, 3.8) is 0 Å². The minimum Gasteiger partial charge on any atom is -0.497 e. The van der Waals surface area contributed by atoms with Gasteiger partial charge in [0, 0.05) is 21.8 Å². The van der Waals surface area contributed by atoms with Gasteiger partial charge in [0.05, 0.1) is 25.3 Å². The molecule has 1 aromatic carbocycles. The Morgan fingerprint density at radius 2 is 1.94 bits per heavy atom. The Bertz CT molecular complexity index is 1220. The molecule has 3 aromatic rings. The van der Waals surface area contributed by atoms with Gasteiger partial charge < -0.3 is 14.4 Å². The van der Waals surface area contributed by atoms with Crippen LogP contribution in [0.3, 0.4) is 0 Å². The van der Waals surface area contributed by atoms with Crippen LogP contribution in [0.1, 0.15) is 56.2 Å². The molecule has 1 aliphatic rings. The van der Waals surface area contributed by atoms with E-state index in [9.17, 15) is 14.7 Å². The van der Waals surface area contributed by atoms with E-state index in [0.717, 1.165) is 64.5 Å². The van der Waals surface area contributed by atoms with Crippen molar-refractivity contribution < 1.29 is 19.4 Å². The first kappa shape index (κ1) is 22.8. The smallest absolute Gasteiger partial charge is 0.339 e. The first-order valence-corrected chi connectivity index (χ1v) is 11.7. The molecule has 172 valence electrons. The molecule has 0 radical (unpaired) electrons. The minimum absolute atomic E-state index is 0.211. The third-order valence-electron chi connectivity index (χ3n) is 5.96. The van der Waals surface area contributed by atoms with E-state index in [4.69, 9.17) is 4.74 Å². The number of amides is 1. The Labute approximate surface area is 196 Å². The number of hydrogen-bond donors (Lipinski definition) is 2. The molecule has 33 heavy (non-hydrogen) atoms. The third kappa shape index (κ3) is 4.71. The van der Waals surface area contributed by atoms with Crippen LogP contribution < -0.4 is 10.2 Å². The number of thiophene rings is 1. The van der Waals surface area contributed by atoms with Crippen LogP contribution in [0, 0.1) is 13.8 Å². The molecule has 0 fully saturated rings. The van der Waals surface area contributed by atoms with E-state index in [1.54, 1.807) is 24.7 Å². The Morgan fingerprint density at radius 3 is 2.64 bits per heavy atom. The molecule has 2 N–H and O–H groups in total. The van der Waals surface area contributed by atoms with E-state index in [2.05, 4.69) is 10.5 Å². The lowest BCUT2D eigenvalue weighted by atomic mass is 9.95. The molecule has 0 atom stereocenters. The summed E-state index contributed by atoms with van der Waals surface area (Å²) in [4.78, 5) is 25.5. The second-order valence-electron chi connectivity index (χ2n) is 8.18. The monoisotopic (exact) mass is 465 g/mol. The second kappa shape index (κ2) is 9.62. The van der Waals surface area contributed by atoms with Crippen LogP contribution >= 0.6 is 11.3 Å². The SMILES string of the molecule is COc1ccc(CC(=O)NN=Cc2cc(C)n(-c3sc4c(c3C(=O)O)CCCC4)c2C)cc1. The molecular formula is C25H27N3O4S. The van der Waals surface area contributed by atoms with Crippen molar-refractivity contribution in [3.05, 3.63) is 68.9 Å². The molecule has 7 nitrogen and oxygen atoms in total. The fourth-order valence-corrected chi connectivity index (χ4v) is 5.79. The van der Waals surface area contributed by atoms with E-state index < -0.39 is 5.97 Å². The number of methoxy groups -OCH3 is 1. The molecule has 0 saturated carbocycles. The maximum atomic E-state index is 12.2. The number of benzene rings is 1. The Kier molecular flexibility index (Phi) is 6.65. The van der Waals surface area contributed by atoms with Gasteiger partial charge in [0.1, 0.15) is 10.8 Å². The van der Waals surface area contributed by atoms with Crippen molar-refractivity contribution in [2.75, 3.05) is 7.11 Å². The predicted molar refractivity (Wildman–Crippen MR) is 129 cm³/mol. The number of ether oxygens (including phenoxy) is 1. The summed E-state index contributed by atoms with van der Waals surface area (Å²) in [5.41, 5.74) is 7.50. The molecule has 0 bridgehead atoms. The Balaban J connectivity index is 1.52. The van der Waals surface area contributed by atoms with E-state index in [0.29, 0.717) is 5.56 Å². The largest absolute Gasteiger partial charge is 0.497 e. The van der Waals surface area contributed by atoms with E-state index in [1.807, 2.05) is 48.7 Å². The number of hydrazone groups is 1. The highest BCUT2D eigenvalue weighted by atomic mass is 32.1. The highest BCUT2D eigenvalue weighted by molar-refractivity contribution is 7.15. The summed E-state index contributed by atoms with van der Waals surface area (Å²) >= 11 is 1.58. The molecule has 0 aliphatic heterocycles. The standard InChI is InChI=1S/C25H27N3O4S/c1-15-12-18(14-26-27-22(29)13-17-8-10-19(32-3)11-9-17)16(2)28(15)24-23(25(30)31)20-6-4-5-7-21(20)33-24/h8-12,14H,4-7,13H2,1-3H3,(H,27,29)(H,30,31). The first-order valence-electron chi connectivity index (χ1n) is 10.9. The first-order chi connectivity index (χ1) is 15.9. The fraction of sp³-hybridized carbons (Fsp3) is 0.320. The van der Waals surface area contributed by atoms with Gasteiger partial charge in [-0.15, -0.1) is 11.3 Å². The molecule has 0 spiro atoms. The highest BCUT2D eigenvalue weighted by Gasteiger charge is 2.27. The number of aryl methyl sites for hydroxylation is 2. The van der Waals surface area contributed by atoms with Crippen LogP contribution in [0.25, 0.3) is 5.00 Å². The number of aromatic nitrogens is 1. The van der Waals surface area contributed by atoms with E-state index >= 15 is 0 Å². The van der Waals surface area contributed by atoms with E-state index in [-0.39, 0.29) is 12.3 Å². The number of aromatic carboxylic acids is 1. The third-order valence-corrected chi connectivity index (χ3v) is 7.23. The number of carboxylic acid groups (broad SMARTS) is 1. The number of fused-ring (bicyclic) bond motifs is 1. The van der Waals surface area contributed by atoms with Crippen LogP contribution in [-0.2, 0) is 24.1 Å². The number of hydrogen-bond acceptors (Lipinski definition) is 5. The number of nitrogens with zero attached hydrogens (tertiary/aromatic N) is 2. The zero-order chi connectivity index (χ0) is 23.5. The predicted octanol–water partition coefficient (Wildman–Crippen LogP) is 4.43. The normalized spacial score (nSPS) is 13.2. The zero-order valence-electron chi connectivity index (χ0n) is 19.0. The second-order valence-corrected chi connectivity index (χ2v) is 9.26. The van der Waals surface area contributed by atoms with Crippen molar-refractivity contribution in [2.45, 2.75) is 46.0 Å². The molecule has 2 aromatic heterocycles. The van der Waals surface area contributed by atoms with Gasteiger partial charge in [-0.05, 0) is 68.9 Å². The highest BCUT2D eigenvalue weighted by Crippen LogP contribution is 2.38. The summed E-state index contributed by atoms with van der Waals surface area (Å²) < 4.78 is 7.12. The van der Waals surface area contributed by atoms with Crippen LogP contribution in [-0.4, -0.2) is 34.9 Å². The number of carboxylic acids is 1. The van der Waals surface area contributed by atoms with Crippen molar-refractivity contribution in [3.8, 4) is 10.8 Å². The minimum atomic E-state index is -0.877. The summed E-state index contributed by atoms with van der Waals surface area (Å²) in [5, 5.41) is 14.8. The maximum absolute atomic E-state index is 12.2. The summed E-state index contributed by atoms with van der Waals surface area (Å²) in [6.45, 7) is 3.90. The lowest BCUT2D eigenvalue weighted by Gasteiger charge is -2.11. The van der Waals surface area contributed by atoms with Crippen LogP contribution in [0.5, 0.6) is 5.75 Å². The molecule has 8 heteroatoms. The van der Waals surface area contributed by atoms with Crippen LogP contribution in [0.2, 0.25) is 0 Å². The van der Waals surface area contributed by atoms with Crippen molar-refractivity contribution in [2.24, 2.45) is 5.10 Å². The van der Waals surface area contributed by atoms with Gasteiger partial charge in [-0.2, -0.15) is 5.10 Å². The average molecular weight is 466 g/mol. The number of carbonyl (C=O) groups excluding carboxylic acids is 1. The Hall–Kier alpha value is -3.39. The molecule has 4 rings (SSSR count). The molecular weight excluding hydrogens is 438 g/mol. The van der Waals surface area contributed by atoms with Gasteiger partial charge in [-0.25, -0.2) is 10.2 Å². The number of carbonyl (C=O) groups is 2. The van der Waals surface area contributed by atoms with Gasteiger partial charge in [-0.1, -0.05) is 12.1 Å². The molecule has 2 heterocycles. The summed E-state index contributed by atoms with van der Waals surface area (Å²) in [7, 11) is 1.60. The van der Waals surface area contributed by atoms with Gasteiger partial charge >= 0.3 is 5.97 Å². The summed E-state index contributed by atoms with van der Waals surface area (Å²) in [6, 6.07) is 9.27. The van der Waals surface area contributed by atoms with Crippen molar-refractivity contribution in [1.82, 2.24) is 9.99 Å². The number of nitrogens with one attached hydrogen (secondary N) is 1. The van der Waals surface area contributed by atoms with Crippen molar-refractivity contribution >= 4 is 29.4 Å². The van der Waals surface area contributed by atoms with Gasteiger partial charge in [0.2, 0.25) is 5.91 Å². The van der Waals surface area contributed by atoms with Crippen molar-refractivity contribution in [1.29, 1.82) is 0 Å². The van der Waals surface area contributed by atoms with Crippen LogP contribution in [0.4, 0.5) is 0 Å². The molecule has 1 aliphatic carbocycles. The lowest BCUT2D eigenvalue weighted by molar-refractivity contribution is -0.120.